The van der Waals surface area contributed by atoms with Crippen molar-refractivity contribution in [3.63, 3.8) is 0 Å². The highest BCUT2D eigenvalue weighted by atomic mass is 16.2. The van der Waals surface area contributed by atoms with Crippen molar-refractivity contribution in [2.75, 3.05) is 27.2 Å². The van der Waals surface area contributed by atoms with Gasteiger partial charge in [0.15, 0.2) is 0 Å². The molecule has 1 rings (SSSR count). The Labute approximate surface area is 99.1 Å². The Bertz CT molecular complexity index is 248. The van der Waals surface area contributed by atoms with E-state index in [0.717, 1.165) is 32.4 Å². The van der Waals surface area contributed by atoms with Crippen LogP contribution >= 0.6 is 0 Å². The van der Waals surface area contributed by atoms with Crippen LogP contribution in [-0.2, 0) is 4.79 Å². The molecule has 1 atom stereocenters. The number of hydrogen-bond acceptors (Lipinski definition) is 2. The third kappa shape index (κ3) is 3.97. The SMILES string of the molecule is CCCC1CCCN1C(=O)/C=C/CN(C)C. The molecule has 1 fully saturated rings. The van der Waals surface area contributed by atoms with Crippen molar-refractivity contribution in [3.05, 3.63) is 12.2 Å². The monoisotopic (exact) mass is 224 g/mol. The first kappa shape index (κ1) is 13.2. The first-order valence-corrected chi connectivity index (χ1v) is 6.27. The third-order valence-electron chi connectivity index (χ3n) is 3.01. The molecule has 3 heteroatoms. The fraction of sp³-hybridized carbons (Fsp3) is 0.769. The molecule has 0 radical (unpaired) electrons. The largest absolute Gasteiger partial charge is 0.336 e. The van der Waals surface area contributed by atoms with Gasteiger partial charge in [0.25, 0.3) is 0 Å². The summed E-state index contributed by atoms with van der Waals surface area (Å²) >= 11 is 0. The molecule has 1 heterocycles. The number of rotatable bonds is 5. The lowest BCUT2D eigenvalue weighted by molar-refractivity contribution is -0.126. The minimum Gasteiger partial charge on any atom is -0.336 e. The van der Waals surface area contributed by atoms with E-state index >= 15 is 0 Å². The van der Waals surface area contributed by atoms with E-state index in [0.29, 0.717) is 6.04 Å². The molecule has 1 aliphatic rings. The molecule has 0 aromatic carbocycles. The Morgan fingerprint density at radius 1 is 1.50 bits per heavy atom. The average Bonchev–Trinajstić information content (AvgIpc) is 2.66. The zero-order valence-electron chi connectivity index (χ0n) is 10.8. The molecule has 1 amide bonds. The van der Waals surface area contributed by atoms with Gasteiger partial charge in [0.05, 0.1) is 0 Å². The summed E-state index contributed by atoms with van der Waals surface area (Å²) in [6.45, 7) is 3.96. The van der Waals surface area contributed by atoms with E-state index in [4.69, 9.17) is 0 Å². The maximum absolute atomic E-state index is 11.9. The zero-order chi connectivity index (χ0) is 12.0. The number of amides is 1. The molecular formula is C13H24N2O. The van der Waals surface area contributed by atoms with Gasteiger partial charge >= 0.3 is 0 Å². The summed E-state index contributed by atoms with van der Waals surface area (Å²) < 4.78 is 0. The van der Waals surface area contributed by atoms with E-state index < -0.39 is 0 Å². The second-order valence-corrected chi connectivity index (χ2v) is 4.78. The molecule has 3 nitrogen and oxygen atoms in total. The fourth-order valence-corrected chi connectivity index (χ4v) is 2.22. The summed E-state index contributed by atoms with van der Waals surface area (Å²) in [5.74, 6) is 0.192. The molecule has 0 bridgehead atoms. The predicted octanol–water partition coefficient (Wildman–Crippen LogP) is 1.90. The minimum atomic E-state index is 0.192. The van der Waals surface area contributed by atoms with Crippen LogP contribution in [0.25, 0.3) is 0 Å². The molecule has 0 aliphatic carbocycles. The molecule has 0 N–H and O–H groups in total. The quantitative estimate of drug-likeness (QED) is 0.666. The third-order valence-corrected chi connectivity index (χ3v) is 3.01. The molecule has 0 spiro atoms. The highest BCUT2D eigenvalue weighted by Crippen LogP contribution is 2.21. The molecule has 0 aromatic heterocycles. The number of carbonyl (C=O) groups is 1. The summed E-state index contributed by atoms with van der Waals surface area (Å²) in [6.07, 6.45) is 8.33. The van der Waals surface area contributed by atoms with Crippen molar-refractivity contribution >= 4 is 5.91 Å². The van der Waals surface area contributed by atoms with E-state index in [1.165, 1.54) is 6.42 Å². The average molecular weight is 224 g/mol. The van der Waals surface area contributed by atoms with Crippen LogP contribution in [0, 0.1) is 0 Å². The van der Waals surface area contributed by atoms with Crippen LogP contribution in [0.4, 0.5) is 0 Å². The van der Waals surface area contributed by atoms with Gasteiger partial charge in [-0.05, 0) is 33.4 Å². The number of likely N-dealkylation sites (N-methyl/N-ethyl adjacent to an activating group) is 1. The maximum atomic E-state index is 11.9. The second-order valence-electron chi connectivity index (χ2n) is 4.78. The molecule has 1 aliphatic heterocycles. The summed E-state index contributed by atoms with van der Waals surface area (Å²) in [5.41, 5.74) is 0. The molecule has 1 unspecified atom stereocenters. The standard InChI is InChI=1S/C13H24N2O/c1-4-7-12-8-5-11-15(12)13(16)9-6-10-14(2)3/h6,9,12H,4-5,7-8,10-11H2,1-3H3/b9-6+. The zero-order valence-corrected chi connectivity index (χ0v) is 10.8. The number of hydrogen-bond donors (Lipinski definition) is 0. The molecule has 92 valence electrons. The lowest BCUT2D eigenvalue weighted by Gasteiger charge is -2.23. The Hall–Kier alpha value is -0.830. The summed E-state index contributed by atoms with van der Waals surface area (Å²) in [4.78, 5) is 16.0. The van der Waals surface area contributed by atoms with Crippen LogP contribution in [0.15, 0.2) is 12.2 Å². The van der Waals surface area contributed by atoms with Gasteiger partial charge in [0.2, 0.25) is 5.91 Å². The topological polar surface area (TPSA) is 23.6 Å². The van der Waals surface area contributed by atoms with Crippen LogP contribution in [0.1, 0.15) is 32.6 Å². The van der Waals surface area contributed by atoms with E-state index in [9.17, 15) is 4.79 Å². The molecule has 1 saturated heterocycles. The van der Waals surface area contributed by atoms with Crippen molar-refractivity contribution < 1.29 is 4.79 Å². The lowest BCUT2D eigenvalue weighted by Crippen LogP contribution is -2.34. The molecular weight excluding hydrogens is 200 g/mol. The molecule has 0 saturated carbocycles. The van der Waals surface area contributed by atoms with E-state index in [1.807, 2.05) is 25.1 Å². The van der Waals surface area contributed by atoms with Crippen LogP contribution in [-0.4, -0.2) is 48.9 Å². The van der Waals surface area contributed by atoms with Gasteiger partial charge in [-0.3, -0.25) is 4.79 Å². The van der Waals surface area contributed by atoms with Gasteiger partial charge in [-0.25, -0.2) is 0 Å². The van der Waals surface area contributed by atoms with Crippen LogP contribution in [0.2, 0.25) is 0 Å². The summed E-state index contributed by atoms with van der Waals surface area (Å²) in [7, 11) is 4.01. The summed E-state index contributed by atoms with van der Waals surface area (Å²) in [5, 5.41) is 0. The van der Waals surface area contributed by atoms with Crippen LogP contribution in [0.3, 0.4) is 0 Å². The van der Waals surface area contributed by atoms with Crippen LogP contribution < -0.4 is 0 Å². The minimum absolute atomic E-state index is 0.192. The fourth-order valence-electron chi connectivity index (χ4n) is 2.22. The Kier molecular flexibility index (Phi) is 5.53. The van der Waals surface area contributed by atoms with Crippen molar-refractivity contribution in [1.29, 1.82) is 0 Å². The van der Waals surface area contributed by atoms with Crippen molar-refractivity contribution in [1.82, 2.24) is 9.80 Å². The van der Waals surface area contributed by atoms with Gasteiger partial charge in [-0.1, -0.05) is 19.4 Å². The summed E-state index contributed by atoms with van der Waals surface area (Å²) in [6, 6.07) is 0.488. The van der Waals surface area contributed by atoms with E-state index in [1.54, 1.807) is 6.08 Å². The second kappa shape index (κ2) is 6.69. The lowest BCUT2D eigenvalue weighted by atomic mass is 10.1. The van der Waals surface area contributed by atoms with Gasteiger partial charge in [0, 0.05) is 25.2 Å². The normalized spacial score (nSPS) is 21.2. The van der Waals surface area contributed by atoms with E-state index in [2.05, 4.69) is 11.8 Å². The number of nitrogens with zero attached hydrogens (tertiary/aromatic N) is 2. The number of likely N-dealkylation sites (tertiary alicyclic amines) is 1. The highest BCUT2D eigenvalue weighted by molar-refractivity contribution is 5.88. The van der Waals surface area contributed by atoms with E-state index in [-0.39, 0.29) is 5.91 Å². The Morgan fingerprint density at radius 3 is 2.88 bits per heavy atom. The maximum Gasteiger partial charge on any atom is 0.246 e. The van der Waals surface area contributed by atoms with Crippen molar-refractivity contribution in [2.24, 2.45) is 0 Å². The highest BCUT2D eigenvalue weighted by Gasteiger charge is 2.26. The van der Waals surface area contributed by atoms with Gasteiger partial charge in [-0.2, -0.15) is 0 Å². The first-order chi connectivity index (χ1) is 7.65. The van der Waals surface area contributed by atoms with Crippen molar-refractivity contribution in [3.8, 4) is 0 Å². The smallest absolute Gasteiger partial charge is 0.246 e. The van der Waals surface area contributed by atoms with Gasteiger partial charge < -0.3 is 9.80 Å². The predicted molar refractivity (Wildman–Crippen MR) is 67.3 cm³/mol. The van der Waals surface area contributed by atoms with Gasteiger partial charge in [-0.15, -0.1) is 0 Å². The van der Waals surface area contributed by atoms with Crippen molar-refractivity contribution in [2.45, 2.75) is 38.6 Å². The number of carbonyl (C=O) groups excluding carboxylic acids is 1. The van der Waals surface area contributed by atoms with Gasteiger partial charge in [0.1, 0.15) is 0 Å². The Balaban J connectivity index is 2.43. The van der Waals surface area contributed by atoms with Crippen LogP contribution in [0.5, 0.6) is 0 Å². The first-order valence-electron chi connectivity index (χ1n) is 6.27. The Morgan fingerprint density at radius 2 is 2.25 bits per heavy atom. The molecule has 16 heavy (non-hydrogen) atoms. The molecule has 0 aromatic rings.